The quantitative estimate of drug-likeness (QED) is 0.909. The van der Waals surface area contributed by atoms with Gasteiger partial charge >= 0.3 is 12.0 Å². The number of amides is 2. The zero-order valence-corrected chi connectivity index (χ0v) is 13.1. The van der Waals surface area contributed by atoms with Gasteiger partial charge in [0.2, 0.25) is 0 Å². The van der Waals surface area contributed by atoms with E-state index in [1.807, 2.05) is 28.8 Å². The van der Waals surface area contributed by atoms with Crippen LogP contribution in [0.15, 0.2) is 16.8 Å². The fourth-order valence-corrected chi connectivity index (χ4v) is 3.45. The van der Waals surface area contributed by atoms with E-state index in [2.05, 4.69) is 0 Å². The molecule has 1 aromatic rings. The summed E-state index contributed by atoms with van der Waals surface area (Å²) in [6.45, 7) is 1.33. The van der Waals surface area contributed by atoms with Gasteiger partial charge in [-0.3, -0.25) is 4.79 Å². The van der Waals surface area contributed by atoms with Crippen LogP contribution >= 0.6 is 11.3 Å². The summed E-state index contributed by atoms with van der Waals surface area (Å²) in [6.07, 6.45) is 3.66. The monoisotopic (exact) mass is 310 g/mol. The SMILES string of the molecule is CN(Cc1ccsc1)C(=O)N1CCCCC1CCC(=O)O. The Balaban J connectivity index is 1.95. The number of piperidine rings is 1. The summed E-state index contributed by atoms with van der Waals surface area (Å²) in [5, 5.41) is 12.9. The topological polar surface area (TPSA) is 60.9 Å². The molecule has 1 atom stereocenters. The van der Waals surface area contributed by atoms with Crippen molar-refractivity contribution in [2.45, 2.75) is 44.7 Å². The molecule has 6 heteroatoms. The largest absolute Gasteiger partial charge is 0.481 e. The zero-order valence-electron chi connectivity index (χ0n) is 12.3. The molecule has 2 heterocycles. The van der Waals surface area contributed by atoms with E-state index in [4.69, 9.17) is 5.11 Å². The maximum absolute atomic E-state index is 12.6. The van der Waals surface area contributed by atoms with Crippen molar-refractivity contribution in [3.05, 3.63) is 22.4 Å². The number of likely N-dealkylation sites (tertiary alicyclic amines) is 1. The summed E-state index contributed by atoms with van der Waals surface area (Å²) in [5.74, 6) is -0.792. The predicted octanol–water partition coefficient (Wildman–Crippen LogP) is 3.02. The third-order valence-corrected chi connectivity index (χ3v) is 4.62. The molecule has 2 rings (SSSR count). The van der Waals surface area contributed by atoms with Gasteiger partial charge in [0.25, 0.3) is 0 Å². The number of carbonyl (C=O) groups is 2. The lowest BCUT2D eigenvalue weighted by atomic mass is 9.98. The van der Waals surface area contributed by atoms with E-state index in [0.717, 1.165) is 31.4 Å². The maximum atomic E-state index is 12.6. The van der Waals surface area contributed by atoms with Gasteiger partial charge in [-0.25, -0.2) is 4.79 Å². The molecule has 1 saturated heterocycles. The highest BCUT2D eigenvalue weighted by atomic mass is 32.1. The van der Waals surface area contributed by atoms with Crippen molar-refractivity contribution in [1.82, 2.24) is 9.80 Å². The number of thiophene rings is 1. The van der Waals surface area contributed by atoms with E-state index in [0.29, 0.717) is 13.0 Å². The van der Waals surface area contributed by atoms with Gasteiger partial charge in [-0.2, -0.15) is 11.3 Å². The number of hydrogen-bond donors (Lipinski definition) is 1. The standard InChI is InChI=1S/C15H22N2O3S/c1-16(10-12-7-9-21-11-12)15(20)17-8-3-2-4-13(17)5-6-14(18)19/h7,9,11,13H,2-6,8,10H2,1H3,(H,18,19). The first-order valence-corrected chi connectivity index (χ1v) is 8.27. The van der Waals surface area contributed by atoms with Gasteiger partial charge in [0.05, 0.1) is 0 Å². The third kappa shape index (κ3) is 4.46. The summed E-state index contributed by atoms with van der Waals surface area (Å²) in [5.41, 5.74) is 1.13. The first-order chi connectivity index (χ1) is 10.1. The minimum absolute atomic E-state index is 0.0105. The Morgan fingerprint density at radius 1 is 1.48 bits per heavy atom. The highest BCUT2D eigenvalue weighted by Gasteiger charge is 2.28. The number of carboxylic acids is 1. The second-order valence-electron chi connectivity index (χ2n) is 5.55. The molecule has 1 fully saturated rings. The van der Waals surface area contributed by atoms with E-state index in [-0.39, 0.29) is 18.5 Å². The molecule has 1 unspecified atom stereocenters. The van der Waals surface area contributed by atoms with Gasteiger partial charge < -0.3 is 14.9 Å². The van der Waals surface area contributed by atoms with Crippen LogP contribution in [0.5, 0.6) is 0 Å². The highest BCUT2D eigenvalue weighted by Crippen LogP contribution is 2.22. The van der Waals surface area contributed by atoms with Crippen LogP contribution in [0.3, 0.4) is 0 Å². The number of carboxylic acid groups (broad SMARTS) is 1. The fraction of sp³-hybridized carbons (Fsp3) is 0.600. The first-order valence-electron chi connectivity index (χ1n) is 7.32. The van der Waals surface area contributed by atoms with Gasteiger partial charge in [0, 0.05) is 32.6 Å². The van der Waals surface area contributed by atoms with Crippen LogP contribution in [0.2, 0.25) is 0 Å². The molecule has 1 aliphatic rings. The molecule has 0 radical (unpaired) electrons. The summed E-state index contributed by atoms with van der Waals surface area (Å²) < 4.78 is 0. The van der Waals surface area contributed by atoms with Gasteiger partial charge in [0.15, 0.2) is 0 Å². The van der Waals surface area contributed by atoms with Crippen LogP contribution in [0.25, 0.3) is 0 Å². The predicted molar refractivity (Wildman–Crippen MR) is 82.4 cm³/mol. The molecule has 2 amide bonds. The minimum Gasteiger partial charge on any atom is -0.481 e. The Kier molecular flexibility index (Phi) is 5.61. The Morgan fingerprint density at radius 3 is 2.95 bits per heavy atom. The van der Waals surface area contributed by atoms with Crippen molar-refractivity contribution in [2.24, 2.45) is 0 Å². The maximum Gasteiger partial charge on any atom is 0.320 e. The van der Waals surface area contributed by atoms with Crippen LogP contribution in [0, 0.1) is 0 Å². The molecule has 1 aromatic heterocycles. The molecule has 1 aliphatic heterocycles. The zero-order chi connectivity index (χ0) is 15.2. The average molecular weight is 310 g/mol. The van der Waals surface area contributed by atoms with E-state index in [1.165, 1.54) is 0 Å². The van der Waals surface area contributed by atoms with E-state index >= 15 is 0 Å². The Bertz CT molecular complexity index is 475. The Labute approximate surface area is 129 Å². The number of rotatable bonds is 5. The van der Waals surface area contributed by atoms with Gasteiger partial charge in [-0.15, -0.1) is 0 Å². The lowest BCUT2D eigenvalue weighted by Gasteiger charge is -2.38. The van der Waals surface area contributed by atoms with Crippen LogP contribution in [-0.4, -0.2) is 46.5 Å². The van der Waals surface area contributed by atoms with Crippen molar-refractivity contribution in [3.63, 3.8) is 0 Å². The molecule has 5 nitrogen and oxygen atoms in total. The molecule has 0 aromatic carbocycles. The van der Waals surface area contributed by atoms with Gasteiger partial charge in [0.1, 0.15) is 0 Å². The second kappa shape index (κ2) is 7.45. The molecule has 116 valence electrons. The molecule has 21 heavy (non-hydrogen) atoms. The van der Waals surface area contributed by atoms with Gasteiger partial charge in [-0.05, 0) is 48.1 Å². The lowest BCUT2D eigenvalue weighted by Crippen LogP contribution is -2.49. The van der Waals surface area contributed by atoms with Crippen molar-refractivity contribution in [1.29, 1.82) is 0 Å². The van der Waals surface area contributed by atoms with Crippen LogP contribution in [0.1, 0.15) is 37.7 Å². The number of aliphatic carboxylic acids is 1. The van der Waals surface area contributed by atoms with Crippen molar-refractivity contribution in [3.8, 4) is 0 Å². The summed E-state index contributed by atoms with van der Waals surface area (Å²) in [4.78, 5) is 26.9. The van der Waals surface area contributed by atoms with Crippen molar-refractivity contribution >= 4 is 23.3 Å². The Hall–Kier alpha value is -1.56. The number of nitrogens with zero attached hydrogens (tertiary/aromatic N) is 2. The van der Waals surface area contributed by atoms with Gasteiger partial charge in [-0.1, -0.05) is 0 Å². The van der Waals surface area contributed by atoms with Crippen molar-refractivity contribution < 1.29 is 14.7 Å². The number of hydrogen-bond acceptors (Lipinski definition) is 3. The normalized spacial score (nSPS) is 18.5. The molecule has 0 saturated carbocycles. The van der Waals surface area contributed by atoms with Crippen LogP contribution in [-0.2, 0) is 11.3 Å². The number of carbonyl (C=O) groups excluding carboxylic acids is 1. The highest BCUT2D eigenvalue weighted by molar-refractivity contribution is 7.07. The van der Waals surface area contributed by atoms with Crippen LogP contribution < -0.4 is 0 Å². The van der Waals surface area contributed by atoms with E-state index < -0.39 is 5.97 Å². The molecule has 0 bridgehead atoms. The summed E-state index contributed by atoms with van der Waals surface area (Å²) in [6, 6.07) is 2.09. The fourth-order valence-electron chi connectivity index (χ4n) is 2.79. The first kappa shape index (κ1) is 15.8. The van der Waals surface area contributed by atoms with E-state index in [9.17, 15) is 9.59 Å². The van der Waals surface area contributed by atoms with E-state index in [1.54, 1.807) is 16.2 Å². The third-order valence-electron chi connectivity index (χ3n) is 3.89. The summed E-state index contributed by atoms with van der Waals surface area (Å²) >= 11 is 1.62. The average Bonchev–Trinajstić information content (AvgIpc) is 2.97. The van der Waals surface area contributed by atoms with Crippen molar-refractivity contribution in [2.75, 3.05) is 13.6 Å². The summed E-state index contributed by atoms with van der Waals surface area (Å²) in [7, 11) is 1.81. The minimum atomic E-state index is -0.792. The molecular weight excluding hydrogens is 288 g/mol. The molecule has 0 spiro atoms. The number of urea groups is 1. The smallest absolute Gasteiger partial charge is 0.320 e. The second-order valence-corrected chi connectivity index (χ2v) is 6.33. The lowest BCUT2D eigenvalue weighted by molar-refractivity contribution is -0.137. The molecular formula is C15H22N2O3S. The van der Waals surface area contributed by atoms with Crippen LogP contribution in [0.4, 0.5) is 4.79 Å². The molecule has 1 N–H and O–H groups in total. The Morgan fingerprint density at radius 2 is 2.29 bits per heavy atom. The molecule has 0 aliphatic carbocycles.